The highest BCUT2D eigenvalue weighted by Crippen LogP contribution is 2.32. The fraction of sp³-hybridized carbons (Fsp3) is 0.571. The molecule has 1 saturated heterocycles. The molecule has 1 fully saturated rings. The maximum absolute atomic E-state index is 12.5. The monoisotopic (exact) mass is 311 g/mol. The minimum atomic E-state index is -0.788. The molecule has 1 aromatic heterocycles. The lowest BCUT2D eigenvalue weighted by molar-refractivity contribution is -0.143. The number of rotatable bonds is 2. The number of thiophene rings is 1. The number of carboxylic acid groups (broad SMARTS) is 1. The summed E-state index contributed by atoms with van der Waals surface area (Å²) in [5.41, 5.74) is 1.29. The minimum Gasteiger partial charge on any atom is -0.481 e. The third-order valence-corrected chi connectivity index (χ3v) is 6.13. The number of hydrogen-bond acceptors (Lipinski definition) is 4. The van der Waals surface area contributed by atoms with Gasteiger partial charge in [0, 0.05) is 23.7 Å². The van der Waals surface area contributed by atoms with E-state index in [1.807, 2.05) is 17.8 Å². The van der Waals surface area contributed by atoms with Gasteiger partial charge in [-0.1, -0.05) is 0 Å². The molecule has 0 radical (unpaired) electrons. The maximum Gasteiger partial charge on any atom is 0.308 e. The molecule has 0 saturated carbocycles. The summed E-state index contributed by atoms with van der Waals surface area (Å²) in [5.74, 6) is 0.950. The number of hydrogen-bond donors (Lipinski definition) is 1. The van der Waals surface area contributed by atoms with Crippen molar-refractivity contribution in [2.45, 2.75) is 25.0 Å². The third-order valence-electron chi connectivity index (χ3n) is 3.90. The van der Waals surface area contributed by atoms with Crippen LogP contribution in [0.2, 0.25) is 0 Å². The first-order chi connectivity index (χ1) is 9.65. The van der Waals surface area contributed by atoms with E-state index in [2.05, 4.69) is 0 Å². The molecule has 3 rings (SSSR count). The second-order valence-electron chi connectivity index (χ2n) is 5.29. The first-order valence-corrected chi connectivity index (χ1v) is 8.83. The number of likely N-dealkylation sites (tertiary alicyclic amines) is 1. The number of aryl methyl sites for hydroxylation is 1. The molecule has 0 aliphatic carbocycles. The van der Waals surface area contributed by atoms with E-state index in [1.165, 1.54) is 10.4 Å². The molecule has 3 heterocycles. The van der Waals surface area contributed by atoms with E-state index in [0.717, 1.165) is 29.2 Å². The van der Waals surface area contributed by atoms with Gasteiger partial charge < -0.3 is 10.0 Å². The van der Waals surface area contributed by atoms with E-state index in [4.69, 9.17) is 5.11 Å². The Balaban J connectivity index is 1.75. The van der Waals surface area contributed by atoms with Gasteiger partial charge in [-0.25, -0.2) is 0 Å². The van der Waals surface area contributed by atoms with Gasteiger partial charge in [0.05, 0.1) is 10.8 Å². The summed E-state index contributed by atoms with van der Waals surface area (Å²) in [5, 5.41) is 9.10. The highest BCUT2D eigenvalue weighted by Gasteiger charge is 2.29. The molecule has 1 amide bonds. The van der Waals surface area contributed by atoms with Crippen LogP contribution in [-0.4, -0.2) is 40.7 Å². The molecule has 1 aromatic rings. The van der Waals surface area contributed by atoms with Crippen molar-refractivity contribution in [1.29, 1.82) is 0 Å². The van der Waals surface area contributed by atoms with Crippen molar-refractivity contribution in [3.05, 3.63) is 21.4 Å². The van der Waals surface area contributed by atoms with Gasteiger partial charge in [-0.3, -0.25) is 9.59 Å². The highest BCUT2D eigenvalue weighted by atomic mass is 32.2. The lowest BCUT2D eigenvalue weighted by Crippen LogP contribution is -2.42. The predicted molar refractivity (Wildman–Crippen MR) is 80.4 cm³/mol. The topological polar surface area (TPSA) is 57.6 Å². The SMILES string of the molecule is O=C(O)[C@H]1CCCN(C(=O)c2cc3c(s2)CCSC3)C1. The summed E-state index contributed by atoms with van der Waals surface area (Å²) in [4.78, 5) is 27.4. The Bertz CT molecular complexity index is 517. The molecular formula is C14H17NO3S2. The fourth-order valence-corrected chi connectivity index (χ4v) is 5.11. The zero-order chi connectivity index (χ0) is 14.1. The first-order valence-electron chi connectivity index (χ1n) is 6.86. The first kappa shape index (κ1) is 13.9. The summed E-state index contributed by atoms with van der Waals surface area (Å²) in [6.45, 7) is 1.03. The normalized spacial score (nSPS) is 22.4. The molecule has 0 aromatic carbocycles. The smallest absolute Gasteiger partial charge is 0.308 e. The number of nitrogens with zero attached hydrogens (tertiary/aromatic N) is 1. The second-order valence-corrected chi connectivity index (χ2v) is 7.53. The summed E-state index contributed by atoms with van der Waals surface area (Å²) in [7, 11) is 0. The molecule has 1 atom stereocenters. The number of carboxylic acids is 1. The van der Waals surface area contributed by atoms with E-state index in [9.17, 15) is 9.59 Å². The van der Waals surface area contributed by atoms with Crippen LogP contribution < -0.4 is 0 Å². The number of fused-ring (bicyclic) bond motifs is 1. The van der Waals surface area contributed by atoms with Crippen molar-refractivity contribution < 1.29 is 14.7 Å². The Morgan fingerprint density at radius 2 is 2.25 bits per heavy atom. The lowest BCUT2D eigenvalue weighted by Gasteiger charge is -2.30. The summed E-state index contributed by atoms with van der Waals surface area (Å²) in [6.07, 6.45) is 2.51. The Morgan fingerprint density at radius 1 is 1.40 bits per heavy atom. The Hall–Kier alpha value is -1.01. The lowest BCUT2D eigenvalue weighted by atomic mass is 9.98. The summed E-state index contributed by atoms with van der Waals surface area (Å²) >= 11 is 3.50. The number of aliphatic carboxylic acids is 1. The Labute approximate surface area is 126 Å². The van der Waals surface area contributed by atoms with Crippen molar-refractivity contribution in [2.75, 3.05) is 18.8 Å². The van der Waals surface area contributed by atoms with Gasteiger partial charge in [-0.2, -0.15) is 11.8 Å². The van der Waals surface area contributed by atoms with Gasteiger partial charge in [0.15, 0.2) is 0 Å². The Kier molecular flexibility index (Phi) is 4.03. The molecule has 4 nitrogen and oxygen atoms in total. The van der Waals surface area contributed by atoms with E-state index < -0.39 is 11.9 Å². The zero-order valence-electron chi connectivity index (χ0n) is 11.1. The maximum atomic E-state index is 12.5. The van der Waals surface area contributed by atoms with Gasteiger partial charge in [0.1, 0.15) is 0 Å². The van der Waals surface area contributed by atoms with Crippen LogP contribution in [0.15, 0.2) is 6.07 Å². The second kappa shape index (κ2) is 5.77. The predicted octanol–water partition coefficient (Wildman–Crippen LogP) is 2.47. The van der Waals surface area contributed by atoms with Gasteiger partial charge in [-0.05, 0) is 36.6 Å². The van der Waals surface area contributed by atoms with Gasteiger partial charge in [-0.15, -0.1) is 11.3 Å². The molecule has 108 valence electrons. The molecule has 0 bridgehead atoms. The number of carbonyl (C=O) groups excluding carboxylic acids is 1. The summed E-state index contributed by atoms with van der Waals surface area (Å²) in [6, 6.07) is 2.01. The molecule has 0 unspecified atom stereocenters. The average molecular weight is 311 g/mol. The van der Waals surface area contributed by atoms with Crippen LogP contribution >= 0.6 is 23.1 Å². The Morgan fingerprint density at radius 3 is 3.00 bits per heavy atom. The summed E-state index contributed by atoms with van der Waals surface area (Å²) < 4.78 is 0. The quantitative estimate of drug-likeness (QED) is 0.911. The zero-order valence-corrected chi connectivity index (χ0v) is 12.8. The van der Waals surface area contributed by atoms with Crippen molar-refractivity contribution in [3.63, 3.8) is 0 Å². The minimum absolute atomic E-state index is 0.0142. The molecule has 6 heteroatoms. The average Bonchev–Trinajstić information content (AvgIpc) is 2.90. The number of thioether (sulfide) groups is 1. The van der Waals surface area contributed by atoms with E-state index in [1.54, 1.807) is 16.2 Å². The van der Waals surface area contributed by atoms with Crippen LogP contribution in [0.5, 0.6) is 0 Å². The third kappa shape index (κ3) is 2.72. The molecule has 1 N–H and O–H groups in total. The molecule has 2 aliphatic rings. The highest BCUT2D eigenvalue weighted by molar-refractivity contribution is 7.98. The molecule has 0 spiro atoms. The van der Waals surface area contributed by atoms with Crippen molar-refractivity contribution in [3.8, 4) is 0 Å². The number of carbonyl (C=O) groups is 2. The van der Waals surface area contributed by atoms with E-state index >= 15 is 0 Å². The van der Waals surface area contributed by atoms with Crippen molar-refractivity contribution >= 4 is 35.0 Å². The van der Waals surface area contributed by atoms with Gasteiger partial charge in [0.25, 0.3) is 5.91 Å². The van der Waals surface area contributed by atoms with E-state index in [-0.39, 0.29) is 5.91 Å². The fourth-order valence-electron chi connectivity index (χ4n) is 2.77. The van der Waals surface area contributed by atoms with Crippen LogP contribution in [-0.2, 0) is 17.0 Å². The molecular weight excluding hydrogens is 294 g/mol. The largest absolute Gasteiger partial charge is 0.481 e. The van der Waals surface area contributed by atoms with Crippen LogP contribution in [0.4, 0.5) is 0 Å². The van der Waals surface area contributed by atoms with Crippen molar-refractivity contribution in [2.24, 2.45) is 5.92 Å². The van der Waals surface area contributed by atoms with Crippen LogP contribution in [0.1, 0.15) is 33.0 Å². The van der Waals surface area contributed by atoms with E-state index in [0.29, 0.717) is 19.5 Å². The number of amides is 1. The standard InChI is InChI=1S/C14H17NO3S2/c16-13(15-4-1-2-9(7-15)14(17)18)12-6-10-8-19-5-3-11(10)20-12/h6,9H,1-5,7-8H2,(H,17,18)/t9-/m0/s1. The van der Waals surface area contributed by atoms with Crippen LogP contribution in [0.25, 0.3) is 0 Å². The van der Waals surface area contributed by atoms with Crippen LogP contribution in [0.3, 0.4) is 0 Å². The van der Waals surface area contributed by atoms with Gasteiger partial charge >= 0.3 is 5.97 Å². The molecule has 2 aliphatic heterocycles. The van der Waals surface area contributed by atoms with Gasteiger partial charge in [0.2, 0.25) is 0 Å². The van der Waals surface area contributed by atoms with Crippen molar-refractivity contribution in [1.82, 2.24) is 4.90 Å². The molecule has 20 heavy (non-hydrogen) atoms. The van der Waals surface area contributed by atoms with Crippen LogP contribution in [0, 0.1) is 5.92 Å². The number of piperidine rings is 1.